The molecule has 150 valence electrons. The SMILES string of the molecule is Cc1ccnn1CCC(=O)N1CCCCC[C@H]2N[C@H](Cc3ccccc3)C[C@@H]21. The van der Waals surface area contributed by atoms with E-state index in [0.717, 1.165) is 31.5 Å². The zero-order valence-corrected chi connectivity index (χ0v) is 16.9. The smallest absolute Gasteiger partial charge is 0.224 e. The predicted molar refractivity (Wildman–Crippen MR) is 111 cm³/mol. The van der Waals surface area contributed by atoms with Gasteiger partial charge in [-0.3, -0.25) is 9.48 Å². The molecule has 0 unspecified atom stereocenters. The molecule has 1 amide bonds. The number of fused-ring (bicyclic) bond motifs is 1. The van der Waals surface area contributed by atoms with Gasteiger partial charge in [-0.25, -0.2) is 0 Å². The summed E-state index contributed by atoms with van der Waals surface area (Å²) in [6, 6.07) is 13.9. The monoisotopic (exact) mass is 380 g/mol. The molecule has 0 bridgehead atoms. The normalized spacial score (nSPS) is 25.2. The average molecular weight is 381 g/mol. The second-order valence-electron chi connectivity index (χ2n) is 8.35. The lowest BCUT2D eigenvalue weighted by Gasteiger charge is -2.35. The van der Waals surface area contributed by atoms with Crippen LogP contribution in [-0.4, -0.2) is 45.3 Å². The van der Waals surface area contributed by atoms with Crippen molar-refractivity contribution in [3.05, 3.63) is 53.9 Å². The zero-order chi connectivity index (χ0) is 19.3. The van der Waals surface area contributed by atoms with Crippen molar-refractivity contribution >= 4 is 5.91 Å². The maximum absolute atomic E-state index is 13.1. The molecule has 1 N–H and O–H groups in total. The molecular weight excluding hydrogens is 348 g/mol. The molecule has 3 atom stereocenters. The van der Waals surface area contributed by atoms with E-state index in [0.29, 0.717) is 31.1 Å². The summed E-state index contributed by atoms with van der Waals surface area (Å²) in [5.74, 6) is 0.286. The molecule has 0 radical (unpaired) electrons. The van der Waals surface area contributed by atoms with E-state index >= 15 is 0 Å². The van der Waals surface area contributed by atoms with Crippen LogP contribution in [-0.2, 0) is 17.8 Å². The van der Waals surface area contributed by atoms with Gasteiger partial charge in [-0.15, -0.1) is 0 Å². The molecule has 2 aliphatic rings. The molecule has 3 heterocycles. The third kappa shape index (κ3) is 4.46. The number of aromatic nitrogens is 2. The molecule has 0 aliphatic carbocycles. The quantitative estimate of drug-likeness (QED) is 0.866. The lowest BCUT2D eigenvalue weighted by atomic mass is 9.95. The first-order chi connectivity index (χ1) is 13.7. The summed E-state index contributed by atoms with van der Waals surface area (Å²) in [6.45, 7) is 3.61. The van der Waals surface area contributed by atoms with E-state index in [2.05, 4.69) is 45.6 Å². The van der Waals surface area contributed by atoms with Crippen LogP contribution in [0.4, 0.5) is 0 Å². The molecule has 28 heavy (non-hydrogen) atoms. The number of carbonyl (C=O) groups is 1. The number of nitrogens with one attached hydrogen (secondary N) is 1. The number of likely N-dealkylation sites (tertiary alicyclic amines) is 1. The van der Waals surface area contributed by atoms with Crippen molar-refractivity contribution in [2.75, 3.05) is 6.54 Å². The molecule has 0 spiro atoms. The second kappa shape index (κ2) is 8.91. The fourth-order valence-corrected chi connectivity index (χ4v) is 4.88. The van der Waals surface area contributed by atoms with Crippen LogP contribution in [0.15, 0.2) is 42.6 Å². The fourth-order valence-electron chi connectivity index (χ4n) is 4.88. The average Bonchev–Trinajstić information content (AvgIpc) is 3.27. The predicted octanol–water partition coefficient (Wildman–Crippen LogP) is 3.33. The van der Waals surface area contributed by atoms with Crippen LogP contribution in [0.25, 0.3) is 0 Å². The number of amides is 1. The number of aryl methyl sites for hydroxylation is 2. The Kier molecular flexibility index (Phi) is 6.10. The van der Waals surface area contributed by atoms with Crippen molar-refractivity contribution in [3.8, 4) is 0 Å². The first-order valence-corrected chi connectivity index (χ1v) is 10.8. The minimum Gasteiger partial charge on any atom is -0.338 e. The van der Waals surface area contributed by atoms with Gasteiger partial charge in [-0.05, 0) is 44.2 Å². The lowest BCUT2D eigenvalue weighted by Crippen LogP contribution is -2.48. The standard InChI is InChI=1S/C23H32N4O/c1-18-11-13-24-27(18)15-12-23(28)26-14-7-3-6-10-21-22(26)17-20(25-21)16-19-8-4-2-5-9-19/h2,4-5,8-9,11,13,20-22,25H,3,6-7,10,12,14-17H2,1H3/t20-,21-,22+/m1/s1. The largest absolute Gasteiger partial charge is 0.338 e. The molecular formula is C23H32N4O. The van der Waals surface area contributed by atoms with Crippen molar-refractivity contribution in [1.29, 1.82) is 0 Å². The Hall–Kier alpha value is -2.14. The van der Waals surface area contributed by atoms with Crippen molar-refractivity contribution in [2.45, 2.75) is 76.5 Å². The first kappa shape index (κ1) is 19.2. The Morgan fingerprint density at radius 2 is 2.04 bits per heavy atom. The van der Waals surface area contributed by atoms with E-state index in [1.54, 1.807) is 6.20 Å². The van der Waals surface area contributed by atoms with E-state index < -0.39 is 0 Å². The lowest BCUT2D eigenvalue weighted by molar-refractivity contribution is -0.134. The van der Waals surface area contributed by atoms with Crippen molar-refractivity contribution in [2.24, 2.45) is 0 Å². The third-order valence-electron chi connectivity index (χ3n) is 6.37. The maximum Gasteiger partial charge on any atom is 0.224 e. The molecule has 2 aliphatic heterocycles. The van der Waals surface area contributed by atoms with Crippen LogP contribution in [0.2, 0.25) is 0 Å². The van der Waals surface area contributed by atoms with Gasteiger partial charge in [0.25, 0.3) is 0 Å². The zero-order valence-electron chi connectivity index (χ0n) is 16.9. The topological polar surface area (TPSA) is 50.2 Å². The number of hydrogen-bond acceptors (Lipinski definition) is 3. The van der Waals surface area contributed by atoms with Gasteiger partial charge in [0.05, 0.1) is 0 Å². The Morgan fingerprint density at radius 1 is 1.18 bits per heavy atom. The van der Waals surface area contributed by atoms with Gasteiger partial charge in [0, 0.05) is 49.5 Å². The molecule has 0 saturated carbocycles. The van der Waals surface area contributed by atoms with Gasteiger partial charge in [0.1, 0.15) is 0 Å². The third-order valence-corrected chi connectivity index (χ3v) is 6.37. The summed E-state index contributed by atoms with van der Waals surface area (Å²) in [7, 11) is 0. The van der Waals surface area contributed by atoms with Crippen LogP contribution in [0.3, 0.4) is 0 Å². The summed E-state index contributed by atoms with van der Waals surface area (Å²) in [6.07, 6.45) is 9.23. The van der Waals surface area contributed by atoms with Crippen LogP contribution < -0.4 is 5.32 Å². The van der Waals surface area contributed by atoms with Crippen molar-refractivity contribution in [1.82, 2.24) is 20.0 Å². The highest BCUT2D eigenvalue weighted by atomic mass is 16.2. The molecule has 1 aromatic heterocycles. The van der Waals surface area contributed by atoms with E-state index in [-0.39, 0.29) is 5.91 Å². The summed E-state index contributed by atoms with van der Waals surface area (Å²) in [5.41, 5.74) is 2.49. The van der Waals surface area contributed by atoms with Gasteiger partial charge < -0.3 is 10.2 Å². The molecule has 5 heteroatoms. The summed E-state index contributed by atoms with van der Waals surface area (Å²) in [4.78, 5) is 15.3. The molecule has 2 fully saturated rings. The highest BCUT2D eigenvalue weighted by Gasteiger charge is 2.39. The number of rotatable bonds is 5. The van der Waals surface area contributed by atoms with Crippen LogP contribution in [0, 0.1) is 6.92 Å². The fraction of sp³-hybridized carbons (Fsp3) is 0.565. The molecule has 4 rings (SSSR count). The minimum absolute atomic E-state index is 0.286. The summed E-state index contributed by atoms with van der Waals surface area (Å²) < 4.78 is 1.94. The highest BCUT2D eigenvalue weighted by molar-refractivity contribution is 5.76. The van der Waals surface area contributed by atoms with E-state index in [1.165, 1.54) is 24.8 Å². The molecule has 2 saturated heterocycles. The highest BCUT2D eigenvalue weighted by Crippen LogP contribution is 2.28. The maximum atomic E-state index is 13.1. The van der Waals surface area contributed by atoms with Crippen LogP contribution in [0.5, 0.6) is 0 Å². The number of nitrogens with zero attached hydrogens (tertiary/aromatic N) is 3. The van der Waals surface area contributed by atoms with Crippen molar-refractivity contribution < 1.29 is 4.79 Å². The van der Waals surface area contributed by atoms with Crippen LogP contribution >= 0.6 is 0 Å². The number of hydrogen-bond donors (Lipinski definition) is 1. The first-order valence-electron chi connectivity index (χ1n) is 10.8. The van der Waals surface area contributed by atoms with Crippen LogP contribution in [0.1, 0.15) is 49.8 Å². The van der Waals surface area contributed by atoms with Gasteiger partial charge in [0.15, 0.2) is 0 Å². The van der Waals surface area contributed by atoms with E-state index in [9.17, 15) is 4.79 Å². The van der Waals surface area contributed by atoms with E-state index in [4.69, 9.17) is 0 Å². The van der Waals surface area contributed by atoms with E-state index in [1.807, 2.05) is 17.7 Å². The number of benzene rings is 1. The summed E-state index contributed by atoms with van der Waals surface area (Å²) in [5, 5.41) is 8.19. The Labute approximate surface area is 168 Å². The van der Waals surface area contributed by atoms with Gasteiger partial charge in [-0.2, -0.15) is 5.10 Å². The second-order valence-corrected chi connectivity index (χ2v) is 8.35. The Balaban J connectivity index is 1.42. The number of carbonyl (C=O) groups excluding carboxylic acids is 1. The Bertz CT molecular complexity index is 772. The Morgan fingerprint density at radius 3 is 2.82 bits per heavy atom. The molecule has 5 nitrogen and oxygen atoms in total. The minimum atomic E-state index is 0.286. The van der Waals surface area contributed by atoms with Gasteiger partial charge in [0.2, 0.25) is 5.91 Å². The van der Waals surface area contributed by atoms with Crippen molar-refractivity contribution in [3.63, 3.8) is 0 Å². The van der Waals surface area contributed by atoms with Gasteiger partial charge in [-0.1, -0.05) is 43.2 Å². The molecule has 2 aromatic rings. The van der Waals surface area contributed by atoms with Gasteiger partial charge >= 0.3 is 0 Å². The summed E-state index contributed by atoms with van der Waals surface area (Å²) >= 11 is 0. The molecule has 1 aromatic carbocycles.